The summed E-state index contributed by atoms with van der Waals surface area (Å²) in [4.78, 5) is 4.76. The molecule has 1 saturated heterocycles. The highest BCUT2D eigenvalue weighted by Gasteiger charge is 2.17. The largest absolute Gasteiger partial charge is 0.316 e. The first-order valence-corrected chi connectivity index (χ1v) is 6.81. The molecular weight excluding hydrogens is 216 g/mol. The van der Waals surface area contributed by atoms with Crippen LogP contribution in [-0.2, 0) is 0 Å². The SMILES string of the molecule is c1ccc2sc([C@H]3CCCCNC3)nc2c1. The van der Waals surface area contributed by atoms with Gasteiger partial charge in [-0.3, -0.25) is 0 Å². The van der Waals surface area contributed by atoms with E-state index < -0.39 is 0 Å². The molecular formula is C13H16N2S. The highest BCUT2D eigenvalue weighted by atomic mass is 32.1. The van der Waals surface area contributed by atoms with Crippen molar-refractivity contribution >= 4 is 21.6 Å². The molecule has 84 valence electrons. The summed E-state index contributed by atoms with van der Waals surface area (Å²) in [5.74, 6) is 0.625. The Kier molecular flexibility index (Phi) is 2.89. The van der Waals surface area contributed by atoms with E-state index in [1.54, 1.807) is 0 Å². The average Bonchev–Trinajstić information content (AvgIpc) is 2.56. The van der Waals surface area contributed by atoms with Gasteiger partial charge in [-0.25, -0.2) is 4.98 Å². The highest BCUT2D eigenvalue weighted by molar-refractivity contribution is 7.18. The van der Waals surface area contributed by atoms with Crippen LogP contribution in [0.2, 0.25) is 0 Å². The molecule has 0 amide bonds. The predicted octanol–water partition coefficient (Wildman–Crippen LogP) is 3.15. The van der Waals surface area contributed by atoms with E-state index in [2.05, 4.69) is 29.6 Å². The molecule has 3 rings (SSSR count). The number of benzene rings is 1. The lowest BCUT2D eigenvalue weighted by atomic mass is 10.0. The molecule has 0 unspecified atom stereocenters. The molecule has 2 heterocycles. The van der Waals surface area contributed by atoms with Crippen LogP contribution in [0, 0.1) is 0 Å². The maximum atomic E-state index is 4.76. The van der Waals surface area contributed by atoms with Crippen LogP contribution in [0.15, 0.2) is 24.3 Å². The number of hydrogen-bond acceptors (Lipinski definition) is 3. The highest BCUT2D eigenvalue weighted by Crippen LogP contribution is 2.30. The van der Waals surface area contributed by atoms with Crippen molar-refractivity contribution in [3.8, 4) is 0 Å². The van der Waals surface area contributed by atoms with Crippen LogP contribution in [-0.4, -0.2) is 18.1 Å². The fourth-order valence-electron chi connectivity index (χ4n) is 2.29. The Morgan fingerprint density at radius 2 is 2.19 bits per heavy atom. The molecule has 0 spiro atoms. The molecule has 1 N–H and O–H groups in total. The van der Waals surface area contributed by atoms with Crippen LogP contribution in [0.1, 0.15) is 30.2 Å². The second-order valence-electron chi connectivity index (χ2n) is 4.42. The Balaban J connectivity index is 1.92. The maximum Gasteiger partial charge on any atom is 0.0982 e. The minimum Gasteiger partial charge on any atom is -0.316 e. The number of para-hydroxylation sites is 1. The number of nitrogens with zero attached hydrogens (tertiary/aromatic N) is 1. The summed E-state index contributed by atoms with van der Waals surface area (Å²) in [6, 6.07) is 8.44. The Hall–Kier alpha value is -0.930. The second-order valence-corrected chi connectivity index (χ2v) is 5.48. The molecule has 2 nitrogen and oxygen atoms in total. The second kappa shape index (κ2) is 4.52. The number of rotatable bonds is 1. The van der Waals surface area contributed by atoms with Crippen LogP contribution >= 0.6 is 11.3 Å². The van der Waals surface area contributed by atoms with Crippen molar-refractivity contribution in [3.05, 3.63) is 29.3 Å². The topological polar surface area (TPSA) is 24.9 Å². The minimum atomic E-state index is 0.625. The van der Waals surface area contributed by atoms with Crippen LogP contribution in [0.3, 0.4) is 0 Å². The van der Waals surface area contributed by atoms with Gasteiger partial charge in [-0.05, 0) is 31.5 Å². The molecule has 2 aromatic rings. The van der Waals surface area contributed by atoms with Gasteiger partial charge in [-0.15, -0.1) is 11.3 Å². The van der Waals surface area contributed by atoms with Crippen LogP contribution in [0.5, 0.6) is 0 Å². The van der Waals surface area contributed by atoms with Gasteiger partial charge in [-0.1, -0.05) is 18.6 Å². The first kappa shape index (κ1) is 10.2. The van der Waals surface area contributed by atoms with Gasteiger partial charge in [0.25, 0.3) is 0 Å². The lowest BCUT2D eigenvalue weighted by Gasteiger charge is -2.09. The van der Waals surface area contributed by atoms with Crippen LogP contribution in [0.25, 0.3) is 10.2 Å². The third-order valence-electron chi connectivity index (χ3n) is 3.21. The zero-order valence-corrected chi connectivity index (χ0v) is 10.1. The normalized spacial score (nSPS) is 22.1. The molecule has 0 saturated carbocycles. The van der Waals surface area contributed by atoms with E-state index in [0.29, 0.717) is 5.92 Å². The van der Waals surface area contributed by atoms with Crippen molar-refractivity contribution in [1.29, 1.82) is 0 Å². The summed E-state index contributed by atoms with van der Waals surface area (Å²) < 4.78 is 1.32. The first-order valence-electron chi connectivity index (χ1n) is 6.00. The molecule has 1 fully saturated rings. The Morgan fingerprint density at radius 3 is 3.12 bits per heavy atom. The van der Waals surface area contributed by atoms with E-state index in [-0.39, 0.29) is 0 Å². The number of nitrogens with one attached hydrogen (secondary N) is 1. The standard InChI is InChI=1S/C13H16N2S/c1-2-7-12-11(6-1)15-13(16-12)10-5-3-4-8-14-9-10/h1-2,6-7,10,14H,3-5,8-9H2/t10-/m0/s1. The van der Waals surface area contributed by atoms with Gasteiger partial charge in [0.05, 0.1) is 15.2 Å². The molecule has 3 heteroatoms. The van der Waals surface area contributed by atoms with Gasteiger partial charge in [-0.2, -0.15) is 0 Å². The number of thiazole rings is 1. The lowest BCUT2D eigenvalue weighted by Crippen LogP contribution is -2.19. The van der Waals surface area contributed by atoms with Gasteiger partial charge in [0.2, 0.25) is 0 Å². The smallest absolute Gasteiger partial charge is 0.0982 e. The molecule has 1 atom stereocenters. The fraction of sp³-hybridized carbons (Fsp3) is 0.462. The zero-order valence-electron chi connectivity index (χ0n) is 9.28. The Morgan fingerprint density at radius 1 is 1.25 bits per heavy atom. The van der Waals surface area contributed by atoms with Crippen molar-refractivity contribution in [2.75, 3.05) is 13.1 Å². The zero-order chi connectivity index (χ0) is 10.8. The summed E-state index contributed by atoms with van der Waals surface area (Å²) >= 11 is 1.86. The molecule has 1 aromatic heterocycles. The Labute approximate surface area is 99.7 Å². The third kappa shape index (κ3) is 1.97. The molecule has 1 aromatic carbocycles. The van der Waals surface area contributed by atoms with E-state index >= 15 is 0 Å². The maximum absolute atomic E-state index is 4.76. The van der Waals surface area contributed by atoms with Crippen molar-refractivity contribution in [3.63, 3.8) is 0 Å². The van der Waals surface area contributed by atoms with Crippen molar-refractivity contribution < 1.29 is 0 Å². The summed E-state index contributed by atoms with van der Waals surface area (Å²) in [5, 5.41) is 4.82. The molecule has 1 aliphatic rings. The number of hydrogen-bond donors (Lipinski definition) is 1. The van der Waals surface area contributed by atoms with E-state index in [9.17, 15) is 0 Å². The molecule has 0 bridgehead atoms. The Bertz CT molecular complexity index is 436. The summed E-state index contributed by atoms with van der Waals surface area (Å²) in [6.45, 7) is 2.27. The molecule has 16 heavy (non-hydrogen) atoms. The van der Waals surface area contributed by atoms with Gasteiger partial charge >= 0.3 is 0 Å². The molecule has 0 radical (unpaired) electrons. The first-order chi connectivity index (χ1) is 7.93. The van der Waals surface area contributed by atoms with Crippen molar-refractivity contribution in [2.24, 2.45) is 0 Å². The summed E-state index contributed by atoms with van der Waals surface area (Å²) in [5.41, 5.74) is 1.16. The van der Waals surface area contributed by atoms with Crippen molar-refractivity contribution in [1.82, 2.24) is 10.3 Å². The molecule has 0 aliphatic carbocycles. The van der Waals surface area contributed by atoms with Gasteiger partial charge < -0.3 is 5.32 Å². The van der Waals surface area contributed by atoms with E-state index in [0.717, 1.165) is 12.1 Å². The molecule has 1 aliphatic heterocycles. The van der Waals surface area contributed by atoms with Gasteiger partial charge in [0.1, 0.15) is 0 Å². The van der Waals surface area contributed by atoms with Crippen LogP contribution < -0.4 is 5.32 Å². The van der Waals surface area contributed by atoms with Gasteiger partial charge in [0.15, 0.2) is 0 Å². The summed E-state index contributed by atoms with van der Waals surface area (Å²) in [7, 11) is 0. The van der Waals surface area contributed by atoms with Gasteiger partial charge in [0, 0.05) is 12.5 Å². The van der Waals surface area contributed by atoms with E-state index in [1.165, 1.54) is 35.5 Å². The number of aromatic nitrogens is 1. The lowest BCUT2D eigenvalue weighted by molar-refractivity contribution is 0.608. The average molecular weight is 232 g/mol. The van der Waals surface area contributed by atoms with E-state index in [4.69, 9.17) is 4.98 Å². The predicted molar refractivity (Wildman–Crippen MR) is 69.1 cm³/mol. The minimum absolute atomic E-state index is 0.625. The monoisotopic (exact) mass is 232 g/mol. The summed E-state index contributed by atoms with van der Waals surface area (Å²) in [6.07, 6.45) is 3.92. The third-order valence-corrected chi connectivity index (χ3v) is 4.41. The quantitative estimate of drug-likeness (QED) is 0.817. The van der Waals surface area contributed by atoms with Crippen molar-refractivity contribution in [2.45, 2.75) is 25.2 Å². The fourth-order valence-corrected chi connectivity index (χ4v) is 3.40. The van der Waals surface area contributed by atoms with E-state index in [1.807, 2.05) is 11.3 Å². The number of fused-ring (bicyclic) bond motifs is 1. The van der Waals surface area contributed by atoms with Crippen LogP contribution in [0.4, 0.5) is 0 Å².